The number of carbonyl (C=O) groups is 1. The monoisotopic (exact) mass is 636 g/mol. The third-order valence-electron chi connectivity index (χ3n) is 7.38. The summed E-state index contributed by atoms with van der Waals surface area (Å²) in [5, 5.41) is 13.7. The SMILES string of the molecule is COc1ccc(S(=O)(=O)Nc2cccc3c2O[C@H](CN(C)S(=O)(=O)c2c(C)noc2C)[C@@H](C)CN([C@H](C)CO)C3=O)cc1. The van der Waals surface area contributed by atoms with Crippen molar-refractivity contribution in [2.75, 3.05) is 38.6 Å². The molecule has 1 aliphatic rings. The van der Waals surface area contributed by atoms with Crippen LogP contribution in [0.1, 0.15) is 35.7 Å². The van der Waals surface area contributed by atoms with Gasteiger partial charge in [-0.15, -0.1) is 0 Å². The second-order valence-corrected chi connectivity index (χ2v) is 14.2. The van der Waals surface area contributed by atoms with Gasteiger partial charge in [-0.2, -0.15) is 4.31 Å². The molecule has 0 saturated carbocycles. The summed E-state index contributed by atoms with van der Waals surface area (Å²) < 4.78 is 73.9. The quantitative estimate of drug-likeness (QED) is 0.337. The van der Waals surface area contributed by atoms with Crippen LogP contribution in [0.4, 0.5) is 5.69 Å². The Labute approximate surface area is 251 Å². The number of aromatic nitrogens is 1. The average molecular weight is 637 g/mol. The fraction of sp³-hybridized carbons (Fsp3) is 0.429. The molecule has 0 bridgehead atoms. The molecule has 43 heavy (non-hydrogen) atoms. The summed E-state index contributed by atoms with van der Waals surface area (Å²) in [7, 11) is -5.32. The first-order valence-electron chi connectivity index (χ1n) is 13.5. The van der Waals surface area contributed by atoms with Gasteiger partial charge in [-0.3, -0.25) is 9.52 Å². The highest BCUT2D eigenvalue weighted by Crippen LogP contribution is 2.36. The summed E-state index contributed by atoms with van der Waals surface area (Å²) in [6.07, 6.45) is -0.841. The Morgan fingerprint density at radius 3 is 2.42 bits per heavy atom. The summed E-state index contributed by atoms with van der Waals surface area (Å²) in [5.74, 6) is -0.350. The predicted octanol–water partition coefficient (Wildman–Crippen LogP) is 2.64. The van der Waals surface area contributed by atoms with Crippen molar-refractivity contribution in [1.82, 2.24) is 14.4 Å². The fourth-order valence-corrected chi connectivity index (χ4v) is 7.38. The van der Waals surface area contributed by atoms with Crippen LogP contribution in [-0.4, -0.2) is 88.2 Å². The van der Waals surface area contributed by atoms with Crippen LogP contribution in [0, 0.1) is 19.8 Å². The van der Waals surface area contributed by atoms with Crippen molar-refractivity contribution >= 4 is 31.6 Å². The highest BCUT2D eigenvalue weighted by Gasteiger charge is 2.37. The lowest BCUT2D eigenvalue weighted by Crippen LogP contribution is -2.50. The number of aryl methyl sites for hydroxylation is 2. The number of hydrogen-bond acceptors (Lipinski definition) is 10. The van der Waals surface area contributed by atoms with E-state index < -0.39 is 44.0 Å². The van der Waals surface area contributed by atoms with Gasteiger partial charge >= 0.3 is 0 Å². The number of aliphatic hydroxyl groups excluding tert-OH is 1. The van der Waals surface area contributed by atoms with E-state index in [1.807, 2.05) is 0 Å². The van der Waals surface area contributed by atoms with Crippen molar-refractivity contribution in [3.63, 3.8) is 0 Å². The third kappa shape index (κ3) is 6.49. The van der Waals surface area contributed by atoms with E-state index in [1.54, 1.807) is 13.8 Å². The smallest absolute Gasteiger partial charge is 0.262 e. The first kappa shape index (κ1) is 32.3. The minimum Gasteiger partial charge on any atom is -0.497 e. The maximum atomic E-state index is 13.7. The van der Waals surface area contributed by atoms with E-state index in [4.69, 9.17) is 14.0 Å². The molecule has 13 nitrogen and oxygen atoms in total. The van der Waals surface area contributed by atoms with Crippen LogP contribution in [0.15, 0.2) is 56.8 Å². The zero-order valence-electron chi connectivity index (χ0n) is 24.8. The molecule has 15 heteroatoms. The van der Waals surface area contributed by atoms with Gasteiger partial charge < -0.3 is 24.0 Å². The minimum atomic E-state index is -4.14. The Hall–Kier alpha value is -3.66. The van der Waals surface area contributed by atoms with Crippen molar-refractivity contribution < 1.29 is 40.7 Å². The summed E-state index contributed by atoms with van der Waals surface area (Å²) >= 11 is 0. The van der Waals surface area contributed by atoms with E-state index in [9.17, 15) is 26.7 Å². The second kappa shape index (κ2) is 12.5. The van der Waals surface area contributed by atoms with E-state index in [0.29, 0.717) is 5.75 Å². The summed E-state index contributed by atoms with van der Waals surface area (Å²) in [5.41, 5.74) is 0.266. The standard InChI is InChI=1S/C28H36N4O9S2/c1-17-14-32(18(2)16-33)28(34)23-8-7-9-24(30-42(35,36)22-12-10-21(39-6)11-13-22)26(23)40-25(17)15-31(5)43(37,38)27-19(3)29-41-20(27)4/h7-13,17-18,25,30,33H,14-16H2,1-6H3/t17-,18+,25+/m0/s1. The topological polar surface area (TPSA) is 169 Å². The van der Waals surface area contributed by atoms with E-state index >= 15 is 0 Å². The number of amides is 1. The lowest BCUT2D eigenvalue weighted by Gasteiger charge is -2.38. The molecular weight excluding hydrogens is 600 g/mol. The maximum Gasteiger partial charge on any atom is 0.262 e. The number of ether oxygens (including phenoxy) is 2. The first-order chi connectivity index (χ1) is 20.2. The number of rotatable bonds is 10. The third-order valence-corrected chi connectivity index (χ3v) is 10.8. The Kier molecular flexibility index (Phi) is 9.39. The fourth-order valence-electron chi connectivity index (χ4n) is 4.85. The number of nitrogens with zero attached hydrogens (tertiary/aromatic N) is 3. The molecule has 0 radical (unpaired) electrons. The molecule has 3 atom stereocenters. The molecule has 1 aromatic heterocycles. The maximum absolute atomic E-state index is 13.7. The molecule has 2 aromatic carbocycles. The molecule has 234 valence electrons. The largest absolute Gasteiger partial charge is 0.497 e. The van der Waals surface area contributed by atoms with Crippen LogP contribution < -0.4 is 14.2 Å². The molecule has 4 rings (SSSR count). The van der Waals surface area contributed by atoms with Gasteiger partial charge in [-0.25, -0.2) is 16.8 Å². The summed E-state index contributed by atoms with van der Waals surface area (Å²) in [6.45, 7) is 6.19. The van der Waals surface area contributed by atoms with Crippen LogP contribution in [0.3, 0.4) is 0 Å². The number of likely N-dealkylation sites (N-methyl/N-ethyl adjacent to an activating group) is 1. The van der Waals surface area contributed by atoms with Gasteiger partial charge in [-0.1, -0.05) is 18.1 Å². The number of carbonyl (C=O) groups excluding carboxylic acids is 1. The Balaban J connectivity index is 1.77. The van der Waals surface area contributed by atoms with Crippen LogP contribution in [-0.2, 0) is 20.0 Å². The van der Waals surface area contributed by atoms with Gasteiger partial charge in [0.05, 0.1) is 42.4 Å². The molecule has 2 N–H and O–H groups in total. The van der Waals surface area contributed by atoms with E-state index in [1.165, 1.54) is 75.4 Å². The van der Waals surface area contributed by atoms with Crippen molar-refractivity contribution in [1.29, 1.82) is 0 Å². The molecule has 1 amide bonds. The van der Waals surface area contributed by atoms with E-state index in [-0.39, 0.29) is 57.9 Å². The van der Waals surface area contributed by atoms with Crippen LogP contribution >= 0.6 is 0 Å². The average Bonchev–Trinajstić information content (AvgIpc) is 3.32. The molecule has 0 aliphatic carbocycles. The van der Waals surface area contributed by atoms with Crippen LogP contribution in [0.25, 0.3) is 0 Å². The predicted molar refractivity (Wildman–Crippen MR) is 157 cm³/mol. The highest BCUT2D eigenvalue weighted by atomic mass is 32.2. The Morgan fingerprint density at radius 1 is 1.16 bits per heavy atom. The molecule has 2 heterocycles. The summed E-state index contributed by atoms with van der Waals surface area (Å²) in [6, 6.07) is 9.66. The number of sulfonamides is 2. The number of para-hydroxylation sites is 1. The number of aliphatic hydroxyl groups is 1. The van der Waals surface area contributed by atoms with Gasteiger partial charge in [0, 0.05) is 19.5 Å². The van der Waals surface area contributed by atoms with Crippen LogP contribution in [0.5, 0.6) is 11.5 Å². The number of methoxy groups -OCH3 is 1. The Morgan fingerprint density at radius 2 is 1.84 bits per heavy atom. The highest BCUT2D eigenvalue weighted by molar-refractivity contribution is 7.92. The zero-order chi connectivity index (χ0) is 31.7. The van der Waals surface area contributed by atoms with Gasteiger partial charge in [-0.05, 0) is 57.2 Å². The molecular formula is C28H36N4O9S2. The lowest BCUT2D eigenvalue weighted by atomic mass is 9.99. The molecule has 0 spiro atoms. The Bertz CT molecular complexity index is 1670. The molecule has 3 aromatic rings. The number of anilines is 1. The van der Waals surface area contributed by atoms with Crippen molar-refractivity contribution in [3.05, 3.63) is 59.5 Å². The first-order valence-corrected chi connectivity index (χ1v) is 16.4. The van der Waals surface area contributed by atoms with Crippen molar-refractivity contribution in [3.8, 4) is 11.5 Å². The number of nitrogens with one attached hydrogen (secondary N) is 1. The van der Waals surface area contributed by atoms with Gasteiger partial charge in [0.15, 0.2) is 11.5 Å². The second-order valence-electron chi connectivity index (χ2n) is 10.5. The number of benzene rings is 2. The molecule has 0 unspecified atom stereocenters. The van der Waals surface area contributed by atoms with Gasteiger partial charge in [0.2, 0.25) is 10.0 Å². The molecule has 0 fully saturated rings. The molecule has 1 aliphatic heterocycles. The zero-order valence-corrected chi connectivity index (χ0v) is 26.4. The molecule has 0 saturated heterocycles. The van der Waals surface area contributed by atoms with Gasteiger partial charge in [0.1, 0.15) is 22.4 Å². The van der Waals surface area contributed by atoms with Crippen molar-refractivity contribution in [2.24, 2.45) is 5.92 Å². The van der Waals surface area contributed by atoms with E-state index in [0.717, 1.165) is 4.31 Å². The summed E-state index contributed by atoms with van der Waals surface area (Å²) in [4.78, 5) is 15.1. The number of fused-ring (bicyclic) bond motifs is 1. The lowest BCUT2D eigenvalue weighted by molar-refractivity contribution is 0.0389. The van der Waals surface area contributed by atoms with E-state index in [2.05, 4.69) is 9.88 Å². The van der Waals surface area contributed by atoms with Crippen LogP contribution in [0.2, 0.25) is 0 Å². The van der Waals surface area contributed by atoms with Crippen molar-refractivity contribution in [2.45, 2.75) is 49.6 Å². The number of hydrogen-bond donors (Lipinski definition) is 2. The minimum absolute atomic E-state index is 0.00592. The van der Waals surface area contributed by atoms with Gasteiger partial charge in [0.25, 0.3) is 15.9 Å². The normalized spacial score (nSPS) is 18.4.